The molecule has 1 aliphatic rings. The van der Waals surface area contributed by atoms with Crippen molar-refractivity contribution in [1.82, 2.24) is 0 Å². The molecule has 0 saturated carbocycles. The van der Waals surface area contributed by atoms with Crippen molar-refractivity contribution in [3.05, 3.63) is 23.8 Å². The van der Waals surface area contributed by atoms with Crippen molar-refractivity contribution in [1.29, 1.82) is 0 Å². The van der Waals surface area contributed by atoms with E-state index in [9.17, 15) is 4.79 Å². The zero-order chi connectivity index (χ0) is 15.1. The van der Waals surface area contributed by atoms with Crippen LogP contribution in [0.5, 0.6) is 11.5 Å². The van der Waals surface area contributed by atoms with Crippen molar-refractivity contribution in [3.8, 4) is 11.5 Å². The summed E-state index contributed by atoms with van der Waals surface area (Å²) in [5.74, 6) is 0.683. The number of carboxylic acid groups (broad SMARTS) is 1. The molecule has 0 radical (unpaired) electrons. The van der Waals surface area contributed by atoms with Crippen molar-refractivity contribution in [2.45, 2.75) is 38.2 Å². The van der Waals surface area contributed by atoms with Gasteiger partial charge in [-0.25, -0.2) is 0 Å². The molecule has 1 N–H and O–H groups in total. The summed E-state index contributed by atoms with van der Waals surface area (Å²) in [5.41, 5.74) is 1.06. The highest BCUT2D eigenvalue weighted by Gasteiger charge is 2.17. The van der Waals surface area contributed by atoms with Gasteiger partial charge in [0.2, 0.25) is 0 Å². The van der Waals surface area contributed by atoms with Gasteiger partial charge in [-0.05, 0) is 30.5 Å². The van der Waals surface area contributed by atoms with E-state index in [0.717, 1.165) is 43.8 Å². The monoisotopic (exact) mass is 294 g/mol. The van der Waals surface area contributed by atoms with Crippen molar-refractivity contribution in [3.63, 3.8) is 0 Å². The van der Waals surface area contributed by atoms with Crippen molar-refractivity contribution in [2.75, 3.05) is 20.3 Å². The summed E-state index contributed by atoms with van der Waals surface area (Å²) in [4.78, 5) is 10.5. The summed E-state index contributed by atoms with van der Waals surface area (Å²) in [5, 5.41) is 8.66. The van der Waals surface area contributed by atoms with Crippen LogP contribution in [0.3, 0.4) is 0 Å². The average Bonchev–Trinajstić information content (AvgIpc) is 2.49. The Hall–Kier alpha value is -1.75. The van der Waals surface area contributed by atoms with Crippen molar-refractivity contribution < 1.29 is 24.1 Å². The summed E-state index contributed by atoms with van der Waals surface area (Å²) >= 11 is 0. The fourth-order valence-electron chi connectivity index (χ4n) is 2.38. The molecule has 0 bridgehead atoms. The first-order chi connectivity index (χ1) is 10.2. The Labute approximate surface area is 124 Å². The third kappa shape index (κ3) is 4.93. The Bertz CT molecular complexity index is 466. The molecule has 5 heteroatoms. The van der Waals surface area contributed by atoms with E-state index in [2.05, 4.69) is 0 Å². The SMILES string of the molecule is COc1cc(CCCC(=O)O)ccc1OC1CCOCC1. The van der Waals surface area contributed by atoms with Gasteiger partial charge in [-0.2, -0.15) is 0 Å². The molecule has 1 aliphatic heterocycles. The number of carbonyl (C=O) groups is 1. The van der Waals surface area contributed by atoms with Gasteiger partial charge in [-0.15, -0.1) is 0 Å². The lowest BCUT2D eigenvalue weighted by Gasteiger charge is -2.24. The van der Waals surface area contributed by atoms with Gasteiger partial charge in [-0.1, -0.05) is 6.07 Å². The van der Waals surface area contributed by atoms with Gasteiger partial charge >= 0.3 is 5.97 Å². The first-order valence-electron chi connectivity index (χ1n) is 7.32. The van der Waals surface area contributed by atoms with Gasteiger partial charge < -0.3 is 19.3 Å². The Morgan fingerprint density at radius 3 is 2.76 bits per heavy atom. The van der Waals surface area contributed by atoms with Crippen molar-refractivity contribution >= 4 is 5.97 Å². The lowest BCUT2D eigenvalue weighted by Crippen LogP contribution is -2.26. The van der Waals surface area contributed by atoms with Gasteiger partial charge in [-0.3, -0.25) is 4.79 Å². The minimum atomic E-state index is -0.763. The minimum Gasteiger partial charge on any atom is -0.493 e. The second kappa shape index (κ2) is 7.88. The quantitative estimate of drug-likeness (QED) is 0.837. The smallest absolute Gasteiger partial charge is 0.303 e. The third-order valence-electron chi connectivity index (χ3n) is 3.55. The highest BCUT2D eigenvalue weighted by Crippen LogP contribution is 2.31. The number of carboxylic acids is 1. The zero-order valence-corrected chi connectivity index (χ0v) is 12.3. The van der Waals surface area contributed by atoms with Gasteiger partial charge in [0.05, 0.1) is 20.3 Å². The van der Waals surface area contributed by atoms with Gasteiger partial charge in [0.1, 0.15) is 6.10 Å². The molecular formula is C16H22O5. The number of rotatable bonds is 7. The van der Waals surface area contributed by atoms with Crippen LogP contribution in [0, 0.1) is 0 Å². The van der Waals surface area contributed by atoms with Crippen LogP contribution >= 0.6 is 0 Å². The number of hydrogen-bond donors (Lipinski definition) is 1. The maximum Gasteiger partial charge on any atom is 0.303 e. The number of aryl methyl sites for hydroxylation is 1. The molecule has 1 aromatic carbocycles. The van der Waals surface area contributed by atoms with Gasteiger partial charge in [0.15, 0.2) is 11.5 Å². The molecule has 1 heterocycles. The maximum atomic E-state index is 10.5. The molecule has 2 rings (SSSR count). The van der Waals surface area contributed by atoms with E-state index in [1.54, 1.807) is 7.11 Å². The lowest BCUT2D eigenvalue weighted by atomic mass is 10.1. The summed E-state index contributed by atoms with van der Waals surface area (Å²) < 4.78 is 16.7. The van der Waals surface area contributed by atoms with Crippen LogP contribution < -0.4 is 9.47 Å². The molecule has 116 valence electrons. The average molecular weight is 294 g/mol. The van der Waals surface area contributed by atoms with Crippen LogP contribution in [0.1, 0.15) is 31.2 Å². The van der Waals surface area contributed by atoms with Gasteiger partial charge in [0, 0.05) is 19.3 Å². The summed E-state index contributed by atoms with van der Waals surface area (Å²) in [6, 6.07) is 5.81. The first-order valence-corrected chi connectivity index (χ1v) is 7.32. The molecule has 1 saturated heterocycles. The van der Waals surface area contributed by atoms with Crippen LogP contribution in [-0.2, 0) is 16.0 Å². The number of hydrogen-bond acceptors (Lipinski definition) is 4. The summed E-state index contributed by atoms with van der Waals surface area (Å²) in [6.45, 7) is 1.47. The Morgan fingerprint density at radius 1 is 1.33 bits per heavy atom. The normalized spacial score (nSPS) is 15.7. The third-order valence-corrected chi connectivity index (χ3v) is 3.55. The summed E-state index contributed by atoms with van der Waals surface area (Å²) in [6.07, 6.45) is 3.49. The van der Waals surface area contributed by atoms with Crippen LogP contribution in [0.2, 0.25) is 0 Å². The van der Waals surface area contributed by atoms with E-state index in [-0.39, 0.29) is 12.5 Å². The molecule has 1 fully saturated rings. The predicted molar refractivity (Wildman–Crippen MR) is 78.0 cm³/mol. The molecular weight excluding hydrogens is 272 g/mol. The predicted octanol–water partition coefficient (Wildman–Crippen LogP) is 2.66. The van der Waals surface area contributed by atoms with E-state index in [1.807, 2.05) is 18.2 Å². The molecule has 0 spiro atoms. The highest BCUT2D eigenvalue weighted by molar-refractivity contribution is 5.66. The second-order valence-electron chi connectivity index (χ2n) is 5.16. The van der Waals surface area contributed by atoms with E-state index in [4.69, 9.17) is 19.3 Å². The first kappa shape index (κ1) is 15.6. The number of methoxy groups -OCH3 is 1. The number of aliphatic carboxylic acids is 1. The maximum absolute atomic E-state index is 10.5. The minimum absolute atomic E-state index is 0.172. The van der Waals surface area contributed by atoms with E-state index >= 15 is 0 Å². The molecule has 0 unspecified atom stereocenters. The standard InChI is InChI=1S/C16H22O5/c1-19-15-11-12(3-2-4-16(17)18)5-6-14(15)21-13-7-9-20-10-8-13/h5-6,11,13H,2-4,7-10H2,1H3,(H,17,18). The number of ether oxygens (including phenoxy) is 3. The fraction of sp³-hybridized carbons (Fsp3) is 0.562. The van der Waals surface area contributed by atoms with E-state index in [0.29, 0.717) is 12.2 Å². The fourth-order valence-corrected chi connectivity index (χ4v) is 2.38. The Kier molecular flexibility index (Phi) is 5.87. The molecule has 0 atom stereocenters. The molecule has 1 aromatic rings. The van der Waals surface area contributed by atoms with Crippen LogP contribution in [0.15, 0.2) is 18.2 Å². The van der Waals surface area contributed by atoms with E-state index < -0.39 is 5.97 Å². The van der Waals surface area contributed by atoms with Gasteiger partial charge in [0.25, 0.3) is 0 Å². The summed E-state index contributed by atoms with van der Waals surface area (Å²) in [7, 11) is 1.62. The Balaban J connectivity index is 1.96. The number of benzene rings is 1. The van der Waals surface area contributed by atoms with Crippen LogP contribution in [0.25, 0.3) is 0 Å². The largest absolute Gasteiger partial charge is 0.493 e. The molecule has 0 aromatic heterocycles. The lowest BCUT2D eigenvalue weighted by molar-refractivity contribution is -0.137. The Morgan fingerprint density at radius 2 is 2.10 bits per heavy atom. The topological polar surface area (TPSA) is 65.0 Å². The molecule has 0 aliphatic carbocycles. The molecule has 0 amide bonds. The van der Waals surface area contributed by atoms with E-state index in [1.165, 1.54) is 0 Å². The van der Waals surface area contributed by atoms with Crippen LogP contribution in [0.4, 0.5) is 0 Å². The molecule has 5 nitrogen and oxygen atoms in total. The molecule has 21 heavy (non-hydrogen) atoms. The highest BCUT2D eigenvalue weighted by atomic mass is 16.5. The zero-order valence-electron chi connectivity index (χ0n) is 12.3. The van der Waals surface area contributed by atoms with Crippen molar-refractivity contribution in [2.24, 2.45) is 0 Å². The van der Waals surface area contributed by atoms with Crippen LogP contribution in [-0.4, -0.2) is 37.5 Å². The second-order valence-corrected chi connectivity index (χ2v) is 5.16.